The molecule has 0 unspecified atom stereocenters. The van der Waals surface area contributed by atoms with Gasteiger partial charge in [0.25, 0.3) is 6.33 Å². The number of ketones is 1. The van der Waals surface area contributed by atoms with Crippen LogP contribution in [0.15, 0.2) is 60.4 Å². The summed E-state index contributed by atoms with van der Waals surface area (Å²) < 4.78 is 14.6. The van der Waals surface area contributed by atoms with Crippen molar-refractivity contribution in [3.63, 3.8) is 0 Å². The van der Waals surface area contributed by atoms with Gasteiger partial charge in [-0.25, -0.2) is 8.96 Å². The van der Waals surface area contributed by atoms with E-state index in [1.54, 1.807) is 29.2 Å². The molecule has 2 aromatic heterocycles. The van der Waals surface area contributed by atoms with E-state index in [4.69, 9.17) is 0 Å². The number of carbonyl (C=O) groups is 1. The van der Waals surface area contributed by atoms with E-state index < -0.39 is 0 Å². The number of rotatable bonds is 4. The molecule has 0 aliphatic heterocycles. The van der Waals surface area contributed by atoms with E-state index in [0.717, 1.165) is 16.1 Å². The summed E-state index contributed by atoms with van der Waals surface area (Å²) in [6.45, 7) is 0.261. The van der Waals surface area contributed by atoms with Gasteiger partial charge < -0.3 is 0 Å². The Labute approximate surface area is 141 Å². The first kappa shape index (κ1) is 16.5. The number of hydrogen-bond acceptors (Lipinski definition) is 3. The molecular formula is C16H13BrFN2OS+. The highest BCUT2D eigenvalue weighted by molar-refractivity contribution is 8.93. The SMILES string of the molecule is Br.O=C(C[n+]1ccc(-c2ccc(F)cc2)nc1)c1cccs1. The molecule has 0 saturated heterocycles. The van der Waals surface area contributed by atoms with Gasteiger partial charge in [0.15, 0.2) is 12.2 Å². The van der Waals surface area contributed by atoms with E-state index in [-0.39, 0.29) is 35.1 Å². The summed E-state index contributed by atoms with van der Waals surface area (Å²) in [6.07, 6.45) is 3.42. The molecule has 1 aromatic carbocycles. The second-order valence-electron chi connectivity index (χ2n) is 4.53. The van der Waals surface area contributed by atoms with Gasteiger partial charge >= 0.3 is 0 Å². The summed E-state index contributed by atoms with van der Waals surface area (Å²) in [4.78, 5) is 17.0. The fourth-order valence-corrected chi connectivity index (χ4v) is 2.61. The van der Waals surface area contributed by atoms with E-state index in [1.807, 2.05) is 23.6 Å². The summed E-state index contributed by atoms with van der Waals surface area (Å²) in [7, 11) is 0. The van der Waals surface area contributed by atoms with Crippen LogP contribution in [-0.2, 0) is 6.54 Å². The van der Waals surface area contributed by atoms with Gasteiger partial charge in [-0.15, -0.1) is 28.3 Å². The number of aromatic nitrogens is 2. The number of nitrogens with zero attached hydrogens (tertiary/aromatic N) is 2. The van der Waals surface area contributed by atoms with Crippen LogP contribution >= 0.6 is 28.3 Å². The number of thiophene rings is 1. The van der Waals surface area contributed by atoms with Crippen LogP contribution in [0.5, 0.6) is 0 Å². The fraction of sp³-hybridized carbons (Fsp3) is 0.0625. The van der Waals surface area contributed by atoms with Crippen LogP contribution in [0.3, 0.4) is 0 Å². The van der Waals surface area contributed by atoms with Crippen molar-refractivity contribution in [1.82, 2.24) is 4.98 Å². The topological polar surface area (TPSA) is 33.8 Å². The Balaban J connectivity index is 0.00000176. The fourth-order valence-electron chi connectivity index (χ4n) is 1.95. The number of Topliss-reactive ketones (excluding diaryl/α,β-unsaturated/α-hetero) is 1. The van der Waals surface area contributed by atoms with Crippen LogP contribution in [-0.4, -0.2) is 10.8 Å². The second kappa shape index (κ2) is 7.38. The van der Waals surface area contributed by atoms with Crippen LogP contribution in [0.2, 0.25) is 0 Å². The zero-order valence-corrected chi connectivity index (χ0v) is 14.0. The first-order valence-corrected chi connectivity index (χ1v) is 7.28. The summed E-state index contributed by atoms with van der Waals surface area (Å²) in [5, 5.41) is 1.88. The lowest BCUT2D eigenvalue weighted by Gasteiger charge is -1.99. The standard InChI is InChI=1S/C16H12FN2OS.BrH/c17-13-5-3-12(4-6-13)14-7-8-19(11-18-14)10-15(20)16-2-1-9-21-16;/h1-9,11H,10H2;1H/q+1;. The molecule has 0 atom stereocenters. The predicted octanol–water partition coefficient (Wildman–Crippen LogP) is 3.70. The van der Waals surface area contributed by atoms with Crippen molar-refractivity contribution >= 4 is 34.1 Å². The van der Waals surface area contributed by atoms with Gasteiger partial charge in [0.05, 0.1) is 11.1 Å². The highest BCUT2D eigenvalue weighted by atomic mass is 79.9. The van der Waals surface area contributed by atoms with Crippen molar-refractivity contribution in [2.24, 2.45) is 0 Å². The molecule has 112 valence electrons. The lowest BCUT2D eigenvalue weighted by Crippen LogP contribution is -2.37. The maximum Gasteiger partial charge on any atom is 0.287 e. The predicted molar refractivity (Wildman–Crippen MR) is 88.8 cm³/mol. The van der Waals surface area contributed by atoms with Gasteiger partial charge in [0.2, 0.25) is 5.78 Å². The van der Waals surface area contributed by atoms with Gasteiger partial charge in [-0.3, -0.25) is 4.79 Å². The summed E-state index contributed by atoms with van der Waals surface area (Å²) in [5.74, 6) is -0.211. The van der Waals surface area contributed by atoms with Crippen LogP contribution in [0.25, 0.3) is 11.3 Å². The first-order chi connectivity index (χ1) is 10.2. The Bertz CT molecular complexity index is 743. The number of benzene rings is 1. The zero-order valence-electron chi connectivity index (χ0n) is 11.5. The minimum atomic E-state index is -0.272. The summed E-state index contributed by atoms with van der Waals surface area (Å²) in [5.41, 5.74) is 1.59. The number of hydrogen-bond donors (Lipinski definition) is 0. The van der Waals surface area contributed by atoms with Crippen molar-refractivity contribution in [3.05, 3.63) is 71.1 Å². The summed E-state index contributed by atoms with van der Waals surface area (Å²) >= 11 is 1.43. The van der Waals surface area contributed by atoms with Gasteiger partial charge in [-0.1, -0.05) is 6.07 Å². The normalized spacial score (nSPS) is 10.0. The van der Waals surface area contributed by atoms with Gasteiger partial charge in [-0.2, -0.15) is 0 Å². The lowest BCUT2D eigenvalue weighted by molar-refractivity contribution is -0.686. The highest BCUT2D eigenvalue weighted by Gasteiger charge is 2.12. The molecule has 22 heavy (non-hydrogen) atoms. The van der Waals surface area contributed by atoms with Gasteiger partial charge in [-0.05, 0) is 40.7 Å². The quantitative estimate of drug-likeness (QED) is 0.511. The lowest BCUT2D eigenvalue weighted by atomic mass is 10.1. The number of halogens is 2. The minimum Gasteiger partial charge on any atom is -0.289 e. The molecule has 0 amide bonds. The average molecular weight is 380 g/mol. The minimum absolute atomic E-state index is 0. The average Bonchev–Trinajstić information content (AvgIpc) is 3.03. The van der Waals surface area contributed by atoms with E-state index in [0.29, 0.717) is 0 Å². The smallest absolute Gasteiger partial charge is 0.287 e. The molecule has 2 heterocycles. The summed E-state index contributed by atoms with van der Waals surface area (Å²) in [6, 6.07) is 11.6. The van der Waals surface area contributed by atoms with Gasteiger partial charge in [0.1, 0.15) is 5.82 Å². The molecule has 6 heteroatoms. The Morgan fingerprint density at radius 1 is 1.18 bits per heavy atom. The molecule has 3 aromatic rings. The van der Waals surface area contributed by atoms with Crippen LogP contribution < -0.4 is 4.57 Å². The molecule has 0 saturated carbocycles. The Morgan fingerprint density at radius 2 is 1.95 bits per heavy atom. The number of carbonyl (C=O) groups excluding carboxylic acids is 1. The molecule has 0 fully saturated rings. The monoisotopic (exact) mass is 379 g/mol. The van der Waals surface area contributed by atoms with E-state index >= 15 is 0 Å². The first-order valence-electron chi connectivity index (χ1n) is 6.40. The van der Waals surface area contributed by atoms with Crippen molar-refractivity contribution < 1.29 is 13.8 Å². The second-order valence-corrected chi connectivity index (χ2v) is 5.47. The molecule has 0 N–H and O–H groups in total. The Kier molecular flexibility index (Phi) is 5.51. The highest BCUT2D eigenvalue weighted by Crippen LogP contribution is 2.15. The largest absolute Gasteiger partial charge is 0.289 e. The molecular weight excluding hydrogens is 367 g/mol. The van der Waals surface area contributed by atoms with Crippen molar-refractivity contribution in [2.75, 3.05) is 0 Å². The molecule has 0 radical (unpaired) electrons. The van der Waals surface area contributed by atoms with Crippen LogP contribution in [0, 0.1) is 5.82 Å². The maximum absolute atomic E-state index is 12.9. The molecule has 0 aliphatic rings. The third-order valence-electron chi connectivity index (χ3n) is 3.03. The van der Waals surface area contributed by atoms with Crippen LogP contribution in [0.1, 0.15) is 9.67 Å². The van der Waals surface area contributed by atoms with E-state index in [1.165, 1.54) is 23.5 Å². The molecule has 3 nitrogen and oxygen atoms in total. The van der Waals surface area contributed by atoms with E-state index in [2.05, 4.69) is 4.98 Å². The third-order valence-corrected chi connectivity index (χ3v) is 3.94. The molecule has 3 rings (SSSR count). The van der Waals surface area contributed by atoms with Crippen molar-refractivity contribution in [2.45, 2.75) is 6.54 Å². The van der Waals surface area contributed by atoms with Gasteiger partial charge in [0, 0.05) is 11.6 Å². The maximum atomic E-state index is 12.9. The third kappa shape index (κ3) is 3.84. The Morgan fingerprint density at radius 3 is 2.55 bits per heavy atom. The molecule has 0 spiro atoms. The molecule has 0 aliphatic carbocycles. The molecule has 0 bridgehead atoms. The zero-order chi connectivity index (χ0) is 14.7. The van der Waals surface area contributed by atoms with Crippen molar-refractivity contribution in [3.8, 4) is 11.3 Å². The Hall–Kier alpha value is -1.92. The van der Waals surface area contributed by atoms with Crippen molar-refractivity contribution in [1.29, 1.82) is 0 Å². The van der Waals surface area contributed by atoms with E-state index in [9.17, 15) is 9.18 Å². The van der Waals surface area contributed by atoms with Crippen LogP contribution in [0.4, 0.5) is 4.39 Å².